The van der Waals surface area contributed by atoms with Crippen molar-refractivity contribution in [2.24, 2.45) is 0 Å². The van der Waals surface area contributed by atoms with E-state index in [1.54, 1.807) is 5.47 Å². The molecule has 120 valence electrons. The van der Waals surface area contributed by atoms with E-state index in [1.807, 2.05) is 0 Å². The fourth-order valence-corrected chi connectivity index (χ4v) is 5.67. The monoisotopic (exact) mass is 329 g/mol. The van der Waals surface area contributed by atoms with Crippen LogP contribution in [0.25, 0.3) is 27.4 Å². The van der Waals surface area contributed by atoms with Gasteiger partial charge in [-0.2, -0.15) is 0 Å². The summed E-state index contributed by atoms with van der Waals surface area (Å²) in [6, 6.07) is 24.8. The van der Waals surface area contributed by atoms with Gasteiger partial charge in [-0.25, -0.2) is 0 Å². The van der Waals surface area contributed by atoms with Gasteiger partial charge in [0.05, 0.1) is 0 Å². The zero-order valence-electron chi connectivity index (χ0n) is 14.3. The second kappa shape index (κ2) is 4.39. The average Bonchev–Trinajstić information content (AvgIpc) is 3.21. The Hall–Kier alpha value is -3.00. The molecule has 0 saturated carbocycles. The zero-order chi connectivity index (χ0) is 16.8. The van der Waals surface area contributed by atoms with Crippen molar-refractivity contribution in [2.75, 3.05) is 0 Å². The maximum Gasteiger partial charge on any atom is 0.325 e. The summed E-state index contributed by atoms with van der Waals surface area (Å²) >= 11 is 0. The van der Waals surface area contributed by atoms with Gasteiger partial charge in [-0.15, -0.1) is 0 Å². The number of fused-ring (bicyclic) bond motifs is 8. The molecule has 1 aromatic heterocycles. The van der Waals surface area contributed by atoms with Crippen LogP contribution in [0, 0.1) is 0 Å². The highest BCUT2D eigenvalue weighted by Gasteiger charge is 2.45. The molecule has 1 nitrogen and oxygen atoms in total. The van der Waals surface area contributed by atoms with E-state index in [0.717, 1.165) is 6.42 Å². The average molecular weight is 329 g/mol. The van der Waals surface area contributed by atoms with Gasteiger partial charge in [0, 0.05) is 27.7 Å². The third kappa shape index (κ3) is 1.35. The molecule has 3 aromatic carbocycles. The Labute approximate surface area is 152 Å². The number of rotatable bonds is 0. The number of benzene rings is 3. The Morgan fingerprint density at radius 2 is 1.69 bits per heavy atom. The SMILES string of the molecule is C1=CC2=C3B(c4ccccc42)n2c4ccccc4c4cccc(c42)C3C1. The highest BCUT2D eigenvalue weighted by molar-refractivity contribution is 6.84. The van der Waals surface area contributed by atoms with E-state index < -0.39 is 0 Å². The van der Waals surface area contributed by atoms with E-state index in [1.165, 1.54) is 44.0 Å². The molecule has 0 spiro atoms. The van der Waals surface area contributed by atoms with Crippen molar-refractivity contribution >= 4 is 39.7 Å². The Balaban J connectivity index is 1.75. The molecule has 0 bridgehead atoms. The number of aromatic nitrogens is 1. The molecule has 0 amide bonds. The predicted octanol–water partition coefficient (Wildman–Crippen LogP) is 4.90. The van der Waals surface area contributed by atoms with Crippen LogP contribution >= 0.6 is 0 Å². The van der Waals surface area contributed by atoms with Crippen molar-refractivity contribution in [1.82, 2.24) is 4.48 Å². The fraction of sp³-hybridized carbons (Fsp3) is 0.0833. The first-order chi connectivity index (χ1) is 12.9. The third-order valence-corrected chi connectivity index (χ3v) is 6.58. The quantitative estimate of drug-likeness (QED) is 0.404. The molecule has 26 heavy (non-hydrogen) atoms. The standard InChI is InChI=1S/C24H16BN/c1-3-13-21-15(7-1)17-9-5-10-18-20-12-6-11-19-16-8-2-4-14-22(16)26(24(19)20)25(21)23(17)18/h1-9,11-14,18H,10H2. The summed E-state index contributed by atoms with van der Waals surface area (Å²) in [4.78, 5) is 0. The van der Waals surface area contributed by atoms with Crippen LogP contribution in [0.15, 0.2) is 84.4 Å². The molecule has 0 radical (unpaired) electrons. The van der Waals surface area contributed by atoms with Gasteiger partial charge in [-0.3, -0.25) is 0 Å². The van der Waals surface area contributed by atoms with Gasteiger partial charge in [-0.05, 0) is 34.6 Å². The van der Waals surface area contributed by atoms with Gasteiger partial charge < -0.3 is 4.48 Å². The molecule has 4 aromatic rings. The lowest BCUT2D eigenvalue weighted by molar-refractivity contribution is 0.830. The van der Waals surface area contributed by atoms with E-state index in [4.69, 9.17) is 0 Å². The van der Waals surface area contributed by atoms with Crippen molar-refractivity contribution < 1.29 is 0 Å². The first-order valence-electron chi connectivity index (χ1n) is 9.45. The lowest BCUT2D eigenvalue weighted by Gasteiger charge is -2.33. The molecule has 2 aliphatic heterocycles. The zero-order valence-corrected chi connectivity index (χ0v) is 14.3. The van der Waals surface area contributed by atoms with E-state index in [2.05, 4.69) is 83.4 Å². The molecule has 0 N–H and O–H groups in total. The normalized spacial score (nSPS) is 19.4. The van der Waals surface area contributed by atoms with Crippen LogP contribution in [0.2, 0.25) is 0 Å². The summed E-state index contributed by atoms with van der Waals surface area (Å²) in [5, 5.41) is 2.78. The number of hydrogen-bond donors (Lipinski definition) is 0. The van der Waals surface area contributed by atoms with Crippen molar-refractivity contribution in [3.63, 3.8) is 0 Å². The van der Waals surface area contributed by atoms with E-state index in [9.17, 15) is 0 Å². The maximum absolute atomic E-state index is 2.62. The summed E-state index contributed by atoms with van der Waals surface area (Å²) in [7, 11) is 0. The summed E-state index contributed by atoms with van der Waals surface area (Å²) in [5.41, 5.74) is 10.3. The molecule has 2 heteroatoms. The second-order valence-electron chi connectivity index (χ2n) is 7.68. The molecule has 3 heterocycles. The van der Waals surface area contributed by atoms with Crippen LogP contribution in [0.4, 0.5) is 0 Å². The molecule has 0 saturated heterocycles. The number of nitrogens with zero attached hydrogens (tertiary/aromatic N) is 1. The first kappa shape index (κ1) is 13.2. The molecular formula is C24H16BN. The molecule has 1 aliphatic carbocycles. The molecule has 1 unspecified atom stereocenters. The lowest BCUT2D eigenvalue weighted by atomic mass is 9.46. The van der Waals surface area contributed by atoms with Gasteiger partial charge in [0.25, 0.3) is 0 Å². The smallest absolute Gasteiger partial charge is 0.325 e. The summed E-state index contributed by atoms with van der Waals surface area (Å²) in [6.07, 6.45) is 5.85. The van der Waals surface area contributed by atoms with Crippen molar-refractivity contribution in [1.29, 1.82) is 0 Å². The third-order valence-electron chi connectivity index (χ3n) is 6.58. The molecule has 1 atom stereocenters. The van der Waals surface area contributed by atoms with Crippen LogP contribution in [0.5, 0.6) is 0 Å². The summed E-state index contributed by atoms with van der Waals surface area (Å²) in [5.74, 6) is 0.507. The lowest BCUT2D eigenvalue weighted by Crippen LogP contribution is -2.42. The highest BCUT2D eigenvalue weighted by atomic mass is 14.9. The number of allylic oxidation sites excluding steroid dienone is 4. The van der Waals surface area contributed by atoms with Crippen molar-refractivity contribution in [2.45, 2.75) is 12.3 Å². The number of hydrogen-bond acceptors (Lipinski definition) is 0. The van der Waals surface area contributed by atoms with Gasteiger partial charge in [0.2, 0.25) is 0 Å². The minimum atomic E-state index is 0.341. The Kier molecular flexibility index (Phi) is 2.24. The van der Waals surface area contributed by atoms with Gasteiger partial charge in [0.1, 0.15) is 0 Å². The van der Waals surface area contributed by atoms with Gasteiger partial charge >= 0.3 is 6.85 Å². The largest absolute Gasteiger partial charge is 0.376 e. The van der Waals surface area contributed by atoms with Crippen LogP contribution in [0.1, 0.15) is 23.5 Å². The molecule has 3 aliphatic rings. The Bertz CT molecular complexity index is 1320. The fourth-order valence-electron chi connectivity index (χ4n) is 5.67. The van der Waals surface area contributed by atoms with E-state index in [0.29, 0.717) is 12.8 Å². The topological polar surface area (TPSA) is 4.93 Å². The first-order valence-corrected chi connectivity index (χ1v) is 9.45. The Morgan fingerprint density at radius 1 is 0.846 bits per heavy atom. The second-order valence-corrected chi connectivity index (χ2v) is 7.68. The number of para-hydroxylation sites is 2. The molecule has 0 fully saturated rings. The minimum absolute atomic E-state index is 0.341. The van der Waals surface area contributed by atoms with Gasteiger partial charge in [0.15, 0.2) is 0 Å². The minimum Gasteiger partial charge on any atom is -0.376 e. The maximum atomic E-state index is 2.62. The Morgan fingerprint density at radius 3 is 2.69 bits per heavy atom. The van der Waals surface area contributed by atoms with Crippen LogP contribution in [0.3, 0.4) is 0 Å². The summed E-state index contributed by atoms with van der Waals surface area (Å²) < 4.78 is 2.62. The summed E-state index contributed by atoms with van der Waals surface area (Å²) in [6.45, 7) is 0.341. The molecule has 7 rings (SSSR count). The van der Waals surface area contributed by atoms with E-state index in [-0.39, 0.29) is 0 Å². The van der Waals surface area contributed by atoms with Crippen molar-refractivity contribution in [3.8, 4) is 0 Å². The van der Waals surface area contributed by atoms with Gasteiger partial charge in [-0.1, -0.05) is 78.3 Å². The van der Waals surface area contributed by atoms with Crippen molar-refractivity contribution in [3.05, 3.63) is 95.5 Å². The van der Waals surface area contributed by atoms with Crippen LogP contribution < -0.4 is 5.46 Å². The molecular weight excluding hydrogens is 313 g/mol. The highest BCUT2D eigenvalue weighted by Crippen LogP contribution is 2.50. The predicted molar refractivity (Wildman–Crippen MR) is 110 cm³/mol. The van der Waals surface area contributed by atoms with Crippen LogP contribution in [-0.2, 0) is 0 Å². The van der Waals surface area contributed by atoms with E-state index >= 15 is 0 Å². The van der Waals surface area contributed by atoms with Crippen LogP contribution in [-0.4, -0.2) is 11.3 Å².